The Morgan fingerprint density at radius 2 is 2.00 bits per heavy atom. The Morgan fingerprint density at radius 3 is 2.53 bits per heavy atom. The number of rotatable bonds is 2. The first-order valence-corrected chi connectivity index (χ1v) is 6.21. The van der Waals surface area contributed by atoms with E-state index in [1.54, 1.807) is 0 Å². The minimum atomic E-state index is -0.953. The van der Waals surface area contributed by atoms with Crippen molar-refractivity contribution in [1.29, 1.82) is 0 Å². The number of nitrogens with one attached hydrogen (secondary N) is 1. The summed E-state index contributed by atoms with van der Waals surface area (Å²) in [5.41, 5.74) is -0.352. The molecule has 1 heterocycles. The highest BCUT2D eigenvalue weighted by Gasteiger charge is 2.19. The molecule has 6 heteroatoms. The number of benzene rings is 1. The molecule has 0 saturated carbocycles. The maximum atomic E-state index is 13.3. The summed E-state index contributed by atoms with van der Waals surface area (Å²) >= 11 is 1.40. The topological polar surface area (TPSA) is 24.4 Å². The molecule has 2 rings (SSSR count). The lowest BCUT2D eigenvalue weighted by atomic mass is 10.3. The van der Waals surface area contributed by atoms with Crippen molar-refractivity contribution in [3.05, 3.63) is 29.6 Å². The molecule has 92 valence electrons. The van der Waals surface area contributed by atoms with E-state index in [1.165, 1.54) is 11.8 Å². The van der Waals surface area contributed by atoms with Crippen LogP contribution in [-0.4, -0.2) is 17.0 Å². The number of hydrogen-bond donors (Lipinski definition) is 1. The summed E-state index contributed by atoms with van der Waals surface area (Å²) in [5, 5.41) is 3.04. The van der Waals surface area contributed by atoms with Crippen LogP contribution in [-0.2, 0) is 0 Å². The van der Waals surface area contributed by atoms with Crippen LogP contribution in [0.25, 0.3) is 0 Å². The number of hydrogen-bond acceptors (Lipinski definition) is 3. The minimum Gasteiger partial charge on any atom is -0.330 e. The monoisotopic (exact) mass is 260 g/mol. The normalized spacial score (nSPS) is 19.3. The highest BCUT2D eigenvalue weighted by atomic mass is 32.2. The molecular weight excluding hydrogens is 249 g/mol. The first kappa shape index (κ1) is 12.3. The second-order valence-electron chi connectivity index (χ2n) is 3.68. The van der Waals surface area contributed by atoms with E-state index >= 15 is 0 Å². The predicted molar refractivity (Wildman–Crippen MR) is 63.9 cm³/mol. The fourth-order valence-electron chi connectivity index (χ4n) is 1.46. The van der Waals surface area contributed by atoms with Crippen molar-refractivity contribution < 1.29 is 13.2 Å². The van der Waals surface area contributed by atoms with Gasteiger partial charge in [0.2, 0.25) is 0 Å². The van der Waals surface area contributed by atoms with Gasteiger partial charge >= 0.3 is 0 Å². The van der Waals surface area contributed by atoms with Gasteiger partial charge in [-0.05, 0) is 6.42 Å². The molecule has 1 atom stereocenters. The average molecular weight is 260 g/mol. The van der Waals surface area contributed by atoms with Crippen molar-refractivity contribution in [2.45, 2.75) is 19.4 Å². The summed E-state index contributed by atoms with van der Waals surface area (Å²) in [6, 6.07) is 1.46. The molecule has 0 saturated heterocycles. The lowest BCUT2D eigenvalue weighted by molar-refractivity contribution is 0.549. The van der Waals surface area contributed by atoms with E-state index < -0.39 is 17.5 Å². The van der Waals surface area contributed by atoms with E-state index in [1.807, 2.05) is 6.92 Å². The third-order valence-electron chi connectivity index (χ3n) is 2.42. The average Bonchev–Trinajstić information content (AvgIpc) is 2.71. The summed E-state index contributed by atoms with van der Waals surface area (Å²) in [4.78, 5) is 4.25. The third kappa shape index (κ3) is 2.74. The molecule has 1 unspecified atom stereocenters. The zero-order chi connectivity index (χ0) is 12.4. The number of halogens is 3. The van der Waals surface area contributed by atoms with Crippen molar-refractivity contribution >= 4 is 22.6 Å². The number of aliphatic imine (C=N–C) groups is 1. The maximum Gasteiger partial charge on any atom is 0.161 e. The number of amidine groups is 1. The molecule has 1 aliphatic heterocycles. The van der Waals surface area contributed by atoms with Gasteiger partial charge in [0.25, 0.3) is 0 Å². The van der Waals surface area contributed by atoms with Crippen LogP contribution in [0.1, 0.15) is 13.3 Å². The number of nitrogens with zero attached hydrogens (tertiary/aromatic N) is 1. The standard InChI is InChI=1S/C11H11F3N2S/c1-2-7-5-17-11(15-7)16-10-8(13)3-6(12)4-9(10)14/h3-4,7H,2,5H2,1H3,(H,15,16). The summed E-state index contributed by atoms with van der Waals surface area (Å²) in [5.74, 6) is -2.04. The fraction of sp³-hybridized carbons (Fsp3) is 0.364. The molecule has 2 nitrogen and oxygen atoms in total. The molecule has 1 aromatic carbocycles. The van der Waals surface area contributed by atoms with Crippen LogP contribution in [0.15, 0.2) is 17.1 Å². The SMILES string of the molecule is CCC1CSC(Nc2c(F)cc(F)cc2F)=N1. The molecule has 0 fully saturated rings. The van der Waals surface area contributed by atoms with E-state index in [0.29, 0.717) is 17.3 Å². The van der Waals surface area contributed by atoms with Crippen molar-refractivity contribution in [3.63, 3.8) is 0 Å². The Bertz CT molecular complexity index is 439. The molecule has 0 bridgehead atoms. The zero-order valence-corrected chi connectivity index (χ0v) is 9.95. The first-order valence-electron chi connectivity index (χ1n) is 5.22. The van der Waals surface area contributed by atoms with Crippen LogP contribution in [0.2, 0.25) is 0 Å². The van der Waals surface area contributed by atoms with Crippen LogP contribution >= 0.6 is 11.8 Å². The second kappa shape index (κ2) is 5.00. The summed E-state index contributed by atoms with van der Waals surface area (Å²) in [7, 11) is 0. The van der Waals surface area contributed by atoms with Gasteiger partial charge in [-0.2, -0.15) is 0 Å². The van der Waals surface area contributed by atoms with Crippen LogP contribution in [0.3, 0.4) is 0 Å². The first-order chi connectivity index (χ1) is 8.10. The van der Waals surface area contributed by atoms with E-state index in [9.17, 15) is 13.2 Å². The molecular formula is C11H11F3N2S. The van der Waals surface area contributed by atoms with E-state index in [-0.39, 0.29) is 11.7 Å². The van der Waals surface area contributed by atoms with Gasteiger partial charge < -0.3 is 5.32 Å². The highest BCUT2D eigenvalue weighted by molar-refractivity contribution is 8.14. The van der Waals surface area contributed by atoms with Crippen LogP contribution < -0.4 is 5.32 Å². The van der Waals surface area contributed by atoms with Crippen molar-refractivity contribution in [2.24, 2.45) is 4.99 Å². The molecule has 0 aliphatic carbocycles. The summed E-state index contributed by atoms with van der Waals surface area (Å²) in [6.07, 6.45) is 0.882. The molecule has 1 aromatic rings. The lowest BCUT2D eigenvalue weighted by Gasteiger charge is -2.07. The van der Waals surface area contributed by atoms with Gasteiger partial charge in [-0.1, -0.05) is 18.7 Å². The van der Waals surface area contributed by atoms with Crippen molar-refractivity contribution in [2.75, 3.05) is 11.1 Å². The highest BCUT2D eigenvalue weighted by Crippen LogP contribution is 2.25. The van der Waals surface area contributed by atoms with Gasteiger partial charge in [-0.25, -0.2) is 13.2 Å². The quantitative estimate of drug-likeness (QED) is 0.881. The van der Waals surface area contributed by atoms with Crippen LogP contribution in [0, 0.1) is 17.5 Å². The van der Waals surface area contributed by atoms with Gasteiger partial charge in [0.05, 0.1) is 6.04 Å². The van der Waals surface area contributed by atoms with Gasteiger partial charge in [0, 0.05) is 17.9 Å². The zero-order valence-electron chi connectivity index (χ0n) is 9.14. The van der Waals surface area contributed by atoms with Crippen molar-refractivity contribution in [3.8, 4) is 0 Å². The van der Waals surface area contributed by atoms with E-state index in [4.69, 9.17) is 0 Å². The molecule has 0 amide bonds. The lowest BCUT2D eigenvalue weighted by Crippen LogP contribution is -2.09. The summed E-state index contributed by atoms with van der Waals surface area (Å²) in [6.45, 7) is 2.00. The van der Waals surface area contributed by atoms with Gasteiger partial charge in [-0.15, -0.1) is 0 Å². The van der Waals surface area contributed by atoms with E-state index in [2.05, 4.69) is 10.3 Å². The minimum absolute atomic E-state index is 0.175. The van der Waals surface area contributed by atoms with Crippen LogP contribution in [0.5, 0.6) is 0 Å². The molecule has 0 aromatic heterocycles. The number of thioether (sulfide) groups is 1. The molecule has 0 radical (unpaired) electrons. The van der Waals surface area contributed by atoms with Crippen molar-refractivity contribution in [1.82, 2.24) is 0 Å². The van der Waals surface area contributed by atoms with Gasteiger partial charge in [0.15, 0.2) is 16.8 Å². The Morgan fingerprint density at radius 1 is 1.35 bits per heavy atom. The number of anilines is 1. The largest absolute Gasteiger partial charge is 0.330 e. The van der Waals surface area contributed by atoms with Gasteiger partial charge in [0.1, 0.15) is 11.5 Å². The molecule has 0 spiro atoms. The smallest absolute Gasteiger partial charge is 0.161 e. The molecule has 17 heavy (non-hydrogen) atoms. The maximum absolute atomic E-state index is 13.3. The second-order valence-corrected chi connectivity index (χ2v) is 4.69. The Hall–Kier alpha value is -1.17. The molecule has 1 aliphatic rings. The van der Waals surface area contributed by atoms with Gasteiger partial charge in [-0.3, -0.25) is 4.99 Å². The third-order valence-corrected chi connectivity index (χ3v) is 3.45. The predicted octanol–water partition coefficient (Wildman–Crippen LogP) is 3.40. The van der Waals surface area contributed by atoms with E-state index in [0.717, 1.165) is 12.2 Å². The van der Waals surface area contributed by atoms with Crippen LogP contribution in [0.4, 0.5) is 18.9 Å². The Kier molecular flexibility index (Phi) is 3.61. The summed E-state index contributed by atoms with van der Waals surface area (Å²) < 4.78 is 39.4. The fourth-order valence-corrected chi connectivity index (χ4v) is 2.52. The molecule has 1 N–H and O–H groups in total. The Labute approximate surface area is 101 Å². The Balaban J connectivity index is 2.20.